The number of pyridine rings is 1. The van der Waals surface area contributed by atoms with Crippen LogP contribution in [0.3, 0.4) is 0 Å². The summed E-state index contributed by atoms with van der Waals surface area (Å²) in [7, 11) is 4.03. The molecular formula is C28H34N6O2. The molecular weight excluding hydrogens is 452 g/mol. The van der Waals surface area contributed by atoms with E-state index in [1.165, 1.54) is 0 Å². The number of H-pyrrole nitrogens is 1. The Bertz CT molecular complexity index is 1450. The van der Waals surface area contributed by atoms with Gasteiger partial charge in [-0.05, 0) is 65.6 Å². The summed E-state index contributed by atoms with van der Waals surface area (Å²) in [6.07, 6.45) is 3.77. The van der Waals surface area contributed by atoms with Gasteiger partial charge >= 0.3 is 0 Å². The van der Waals surface area contributed by atoms with Crippen molar-refractivity contribution in [2.45, 2.75) is 45.8 Å². The van der Waals surface area contributed by atoms with Crippen LogP contribution in [0.25, 0.3) is 33.3 Å². The zero-order valence-electron chi connectivity index (χ0n) is 21.9. The SMILES string of the molecule is CC(C)N1c2nc(-c3c[nH]c4ccc(-c5ccc(OCCN(C)C)nc5)cc34)cc(=O)n2CC1(C)C. The zero-order chi connectivity index (χ0) is 25.6. The summed E-state index contributed by atoms with van der Waals surface area (Å²) >= 11 is 0. The second-order valence-corrected chi connectivity index (χ2v) is 10.6. The quantitative estimate of drug-likeness (QED) is 0.417. The number of likely N-dealkylation sites (N-methyl/N-ethyl adjacent to an activating group) is 1. The lowest BCUT2D eigenvalue weighted by molar-refractivity contribution is 0.254. The molecule has 0 atom stereocenters. The third-order valence-electron chi connectivity index (χ3n) is 6.73. The van der Waals surface area contributed by atoms with E-state index in [9.17, 15) is 4.79 Å². The molecule has 4 aromatic rings. The first-order valence-electron chi connectivity index (χ1n) is 12.4. The molecule has 0 spiro atoms. The van der Waals surface area contributed by atoms with Gasteiger partial charge in [0.25, 0.3) is 5.56 Å². The van der Waals surface area contributed by atoms with Gasteiger partial charge in [-0.15, -0.1) is 0 Å². The molecule has 188 valence electrons. The Balaban J connectivity index is 1.50. The fraction of sp³-hybridized carbons (Fsp3) is 0.393. The molecule has 0 amide bonds. The molecule has 0 aliphatic carbocycles. The summed E-state index contributed by atoms with van der Waals surface area (Å²) in [6.45, 7) is 10.7. The van der Waals surface area contributed by atoms with Crippen LogP contribution >= 0.6 is 0 Å². The van der Waals surface area contributed by atoms with Crippen LogP contribution in [0.4, 0.5) is 5.95 Å². The van der Waals surface area contributed by atoms with Crippen molar-refractivity contribution in [1.82, 2.24) is 24.4 Å². The number of hydrogen-bond acceptors (Lipinski definition) is 6. The van der Waals surface area contributed by atoms with Gasteiger partial charge in [-0.1, -0.05) is 6.07 Å². The van der Waals surface area contributed by atoms with Gasteiger partial charge in [0.05, 0.1) is 17.8 Å². The Morgan fingerprint density at radius 1 is 1.14 bits per heavy atom. The Labute approximate surface area is 211 Å². The molecule has 8 heteroatoms. The number of fused-ring (bicyclic) bond motifs is 2. The number of nitrogens with one attached hydrogen (secondary N) is 1. The Morgan fingerprint density at radius 2 is 1.92 bits per heavy atom. The van der Waals surface area contributed by atoms with Crippen LogP contribution in [0, 0.1) is 0 Å². The van der Waals surface area contributed by atoms with Gasteiger partial charge in [-0.3, -0.25) is 9.36 Å². The van der Waals surface area contributed by atoms with Crippen LogP contribution in [0.5, 0.6) is 5.88 Å². The maximum atomic E-state index is 13.1. The van der Waals surface area contributed by atoms with Gasteiger partial charge in [0.1, 0.15) is 6.61 Å². The molecule has 1 N–H and O–H groups in total. The lowest BCUT2D eigenvalue weighted by atomic mass is 10.0. The minimum atomic E-state index is -0.172. The molecule has 0 fully saturated rings. The average molecular weight is 487 g/mol. The predicted octanol–water partition coefficient (Wildman–Crippen LogP) is 4.40. The number of aromatic amines is 1. The topological polar surface area (TPSA) is 79.3 Å². The van der Waals surface area contributed by atoms with E-state index in [0.29, 0.717) is 24.7 Å². The third kappa shape index (κ3) is 4.37. The lowest BCUT2D eigenvalue weighted by Crippen LogP contribution is -2.45. The van der Waals surface area contributed by atoms with Gasteiger partial charge in [0, 0.05) is 59.1 Å². The van der Waals surface area contributed by atoms with Crippen LogP contribution in [-0.4, -0.2) is 63.2 Å². The second kappa shape index (κ2) is 9.09. The van der Waals surface area contributed by atoms with Crippen molar-refractivity contribution < 1.29 is 4.74 Å². The van der Waals surface area contributed by atoms with Crippen molar-refractivity contribution in [2.24, 2.45) is 0 Å². The van der Waals surface area contributed by atoms with Gasteiger partial charge in [-0.2, -0.15) is 0 Å². The van der Waals surface area contributed by atoms with Gasteiger partial charge in [0.2, 0.25) is 11.8 Å². The highest BCUT2D eigenvalue weighted by Crippen LogP contribution is 2.36. The van der Waals surface area contributed by atoms with E-state index in [-0.39, 0.29) is 17.1 Å². The molecule has 8 nitrogen and oxygen atoms in total. The second-order valence-electron chi connectivity index (χ2n) is 10.6. The number of anilines is 1. The van der Waals surface area contributed by atoms with Gasteiger partial charge in [0.15, 0.2) is 0 Å². The van der Waals surface area contributed by atoms with Crippen LogP contribution in [0.2, 0.25) is 0 Å². The maximum absolute atomic E-state index is 13.1. The van der Waals surface area contributed by atoms with E-state index in [2.05, 4.69) is 65.7 Å². The summed E-state index contributed by atoms with van der Waals surface area (Å²) in [6, 6.07) is 12.1. The smallest absolute Gasteiger partial charge is 0.255 e. The molecule has 0 radical (unpaired) electrons. The van der Waals surface area contributed by atoms with E-state index < -0.39 is 0 Å². The Kier molecular flexibility index (Phi) is 6.08. The number of aromatic nitrogens is 4. The summed E-state index contributed by atoms with van der Waals surface area (Å²) in [5.41, 5.74) is 4.43. The van der Waals surface area contributed by atoms with Crippen LogP contribution in [0.1, 0.15) is 27.7 Å². The standard InChI is InChI=1S/C28H34N6O2/c1-18(2)34-27-31-24(14-26(35)33(27)17-28(34,3)4)22-16-29-23-9-7-19(13-21(22)23)20-8-10-25(30-15-20)36-12-11-32(5)6/h7-10,13-16,18,29H,11-12,17H2,1-6H3. The molecule has 0 unspecified atom stereocenters. The first kappa shape index (κ1) is 24.1. The van der Waals surface area contributed by atoms with Gasteiger partial charge in [-0.25, -0.2) is 9.97 Å². The highest BCUT2D eigenvalue weighted by molar-refractivity contribution is 5.97. The average Bonchev–Trinajstić information content (AvgIpc) is 3.36. The molecule has 0 bridgehead atoms. The van der Waals surface area contributed by atoms with Crippen molar-refractivity contribution >= 4 is 16.9 Å². The first-order valence-corrected chi connectivity index (χ1v) is 12.4. The van der Waals surface area contributed by atoms with Crippen LogP contribution < -0.4 is 15.2 Å². The minimum Gasteiger partial charge on any atom is -0.476 e. The molecule has 0 saturated carbocycles. The summed E-state index contributed by atoms with van der Waals surface area (Å²) in [5.74, 6) is 1.35. The fourth-order valence-electron chi connectivity index (χ4n) is 5.11. The molecule has 4 heterocycles. The van der Waals surface area contributed by atoms with Crippen molar-refractivity contribution in [3.8, 4) is 28.3 Å². The third-order valence-corrected chi connectivity index (χ3v) is 6.73. The van der Waals surface area contributed by atoms with E-state index in [1.807, 2.05) is 38.6 Å². The number of rotatable bonds is 7. The molecule has 5 rings (SSSR count). The highest BCUT2D eigenvalue weighted by atomic mass is 16.5. The molecule has 0 saturated heterocycles. The minimum absolute atomic E-state index is 0.0224. The normalized spacial score (nSPS) is 14.7. The summed E-state index contributed by atoms with van der Waals surface area (Å²) in [5, 5.41) is 1.02. The number of benzene rings is 1. The fourth-order valence-corrected chi connectivity index (χ4v) is 5.11. The zero-order valence-corrected chi connectivity index (χ0v) is 21.9. The van der Waals surface area contributed by atoms with Crippen molar-refractivity contribution in [1.29, 1.82) is 0 Å². The van der Waals surface area contributed by atoms with Crippen molar-refractivity contribution in [3.63, 3.8) is 0 Å². The van der Waals surface area contributed by atoms with Crippen LogP contribution in [0.15, 0.2) is 53.6 Å². The molecule has 3 aromatic heterocycles. The first-order chi connectivity index (χ1) is 17.1. The predicted molar refractivity (Wildman–Crippen MR) is 145 cm³/mol. The summed E-state index contributed by atoms with van der Waals surface area (Å²) in [4.78, 5) is 30.2. The number of nitrogens with zero attached hydrogens (tertiary/aromatic N) is 5. The maximum Gasteiger partial charge on any atom is 0.255 e. The van der Waals surface area contributed by atoms with E-state index >= 15 is 0 Å². The number of ether oxygens (including phenoxy) is 1. The Morgan fingerprint density at radius 3 is 2.61 bits per heavy atom. The molecule has 36 heavy (non-hydrogen) atoms. The molecule has 1 aromatic carbocycles. The molecule has 1 aliphatic rings. The van der Waals surface area contributed by atoms with Crippen LogP contribution in [-0.2, 0) is 6.54 Å². The highest BCUT2D eigenvalue weighted by Gasteiger charge is 2.39. The number of hydrogen-bond donors (Lipinski definition) is 1. The van der Waals surface area contributed by atoms with E-state index in [0.717, 1.165) is 40.1 Å². The lowest BCUT2D eigenvalue weighted by Gasteiger charge is -2.35. The monoisotopic (exact) mass is 486 g/mol. The Hall–Kier alpha value is -3.65. The summed E-state index contributed by atoms with van der Waals surface area (Å²) < 4.78 is 7.52. The van der Waals surface area contributed by atoms with Crippen molar-refractivity contribution in [3.05, 3.63) is 59.1 Å². The van der Waals surface area contributed by atoms with E-state index in [4.69, 9.17) is 9.72 Å². The van der Waals surface area contributed by atoms with Gasteiger partial charge < -0.3 is 19.5 Å². The van der Waals surface area contributed by atoms with E-state index in [1.54, 1.807) is 10.6 Å². The largest absolute Gasteiger partial charge is 0.476 e. The molecule has 1 aliphatic heterocycles. The van der Waals surface area contributed by atoms with Crippen molar-refractivity contribution in [2.75, 3.05) is 32.1 Å².